The lowest BCUT2D eigenvalue weighted by Gasteiger charge is -2.04. The summed E-state index contributed by atoms with van der Waals surface area (Å²) in [5, 5.41) is 5.67. The van der Waals surface area contributed by atoms with Crippen LogP contribution in [-0.2, 0) is 11.3 Å². The zero-order valence-corrected chi connectivity index (χ0v) is 14.5. The number of aromatic nitrogens is 3. The first-order chi connectivity index (χ1) is 12.2. The number of thiazole rings is 1. The summed E-state index contributed by atoms with van der Waals surface area (Å²) in [5.74, 6) is 0.524. The highest BCUT2D eigenvalue weighted by Crippen LogP contribution is 2.46. The largest absolute Gasteiger partial charge is 0.350 e. The molecule has 1 amide bonds. The van der Waals surface area contributed by atoms with Gasteiger partial charge in [0, 0.05) is 17.8 Å². The van der Waals surface area contributed by atoms with Crippen LogP contribution < -0.4 is 5.32 Å². The number of amides is 1. The third kappa shape index (κ3) is 3.21. The maximum absolute atomic E-state index is 12.4. The van der Waals surface area contributed by atoms with Crippen LogP contribution in [0.1, 0.15) is 18.2 Å². The Balaban J connectivity index is 1.37. The molecular weight excluding hydrogens is 332 g/mol. The minimum absolute atomic E-state index is 0.0295. The van der Waals surface area contributed by atoms with Crippen LogP contribution in [0.25, 0.3) is 16.4 Å². The van der Waals surface area contributed by atoms with Gasteiger partial charge in [-0.2, -0.15) is 0 Å². The predicted molar refractivity (Wildman–Crippen MR) is 97.5 cm³/mol. The first-order valence-corrected chi connectivity index (χ1v) is 8.87. The van der Waals surface area contributed by atoms with Gasteiger partial charge in [-0.15, -0.1) is 11.3 Å². The van der Waals surface area contributed by atoms with Gasteiger partial charge in [0.15, 0.2) is 10.8 Å². The van der Waals surface area contributed by atoms with Gasteiger partial charge in [0.05, 0.1) is 18.2 Å². The van der Waals surface area contributed by atoms with E-state index in [2.05, 4.69) is 20.3 Å². The van der Waals surface area contributed by atoms with E-state index in [9.17, 15) is 4.79 Å². The fourth-order valence-corrected chi connectivity index (χ4v) is 3.61. The summed E-state index contributed by atoms with van der Waals surface area (Å²) in [5.41, 5.74) is 4.22. The zero-order chi connectivity index (χ0) is 17.2. The van der Waals surface area contributed by atoms with Crippen molar-refractivity contribution in [2.24, 2.45) is 5.92 Å². The highest BCUT2D eigenvalue weighted by atomic mass is 32.1. The second-order valence-corrected chi connectivity index (χ2v) is 6.69. The summed E-state index contributed by atoms with van der Waals surface area (Å²) in [7, 11) is 0. The normalized spacial score (nSPS) is 16.0. The number of rotatable bonds is 5. The molecule has 0 saturated carbocycles. The molecule has 4 rings (SSSR count). The molecule has 1 aromatic carbocycles. The molecule has 2 heterocycles. The Morgan fingerprint density at radius 1 is 1.16 bits per heavy atom. The van der Waals surface area contributed by atoms with E-state index in [0.717, 1.165) is 27.4 Å². The number of carbonyl (C=O) groups is 1. The molecule has 0 saturated heterocycles. The highest BCUT2D eigenvalue weighted by Gasteiger charge is 2.39. The SMILES string of the molecule is CC1=C(c2ccccc2)[C@@H]1C(=O)NCc1csc(-c2ncccn2)n1. The molecule has 0 bridgehead atoms. The number of hydrogen-bond acceptors (Lipinski definition) is 5. The van der Waals surface area contributed by atoms with Crippen LogP contribution >= 0.6 is 11.3 Å². The Bertz CT molecular complexity index is 934. The first-order valence-electron chi connectivity index (χ1n) is 7.99. The van der Waals surface area contributed by atoms with Crippen molar-refractivity contribution in [1.29, 1.82) is 0 Å². The van der Waals surface area contributed by atoms with Crippen LogP contribution in [0.2, 0.25) is 0 Å². The van der Waals surface area contributed by atoms with Crippen LogP contribution in [0.4, 0.5) is 0 Å². The average molecular weight is 348 g/mol. The summed E-state index contributed by atoms with van der Waals surface area (Å²) in [6.07, 6.45) is 3.38. The standard InChI is InChI=1S/C19H16N4OS/c1-12-15(13-6-3-2-4-7-13)16(12)18(24)22-10-14-11-25-19(23-14)17-20-8-5-9-21-17/h2-9,11,16H,10H2,1H3,(H,22,24)/t16-/m1/s1. The summed E-state index contributed by atoms with van der Waals surface area (Å²) in [4.78, 5) is 25.3. The van der Waals surface area contributed by atoms with Gasteiger partial charge in [-0.05, 0) is 24.1 Å². The molecule has 1 N–H and O–H groups in total. The Morgan fingerprint density at radius 3 is 2.68 bits per heavy atom. The summed E-state index contributed by atoms with van der Waals surface area (Å²) >= 11 is 1.48. The molecule has 6 heteroatoms. The highest BCUT2D eigenvalue weighted by molar-refractivity contribution is 7.13. The molecule has 0 fully saturated rings. The number of carbonyl (C=O) groups excluding carboxylic acids is 1. The maximum Gasteiger partial charge on any atom is 0.232 e. The lowest BCUT2D eigenvalue weighted by atomic mass is 10.1. The van der Waals surface area contributed by atoms with E-state index in [0.29, 0.717) is 12.4 Å². The van der Waals surface area contributed by atoms with Crippen molar-refractivity contribution in [3.05, 3.63) is 71.0 Å². The Morgan fingerprint density at radius 2 is 1.92 bits per heavy atom. The van der Waals surface area contributed by atoms with Gasteiger partial charge in [0.1, 0.15) is 0 Å². The van der Waals surface area contributed by atoms with E-state index >= 15 is 0 Å². The molecule has 1 aliphatic rings. The minimum Gasteiger partial charge on any atom is -0.350 e. The number of nitrogens with zero attached hydrogens (tertiary/aromatic N) is 3. The van der Waals surface area contributed by atoms with Gasteiger partial charge >= 0.3 is 0 Å². The molecule has 2 aromatic heterocycles. The van der Waals surface area contributed by atoms with Crippen LogP contribution in [0, 0.1) is 5.92 Å². The minimum atomic E-state index is -0.113. The van der Waals surface area contributed by atoms with E-state index < -0.39 is 0 Å². The maximum atomic E-state index is 12.4. The topological polar surface area (TPSA) is 67.8 Å². The van der Waals surface area contributed by atoms with Crippen molar-refractivity contribution in [2.45, 2.75) is 13.5 Å². The van der Waals surface area contributed by atoms with Crippen molar-refractivity contribution < 1.29 is 4.79 Å². The lowest BCUT2D eigenvalue weighted by molar-refractivity contribution is -0.121. The average Bonchev–Trinajstić information content (AvgIpc) is 3.11. The summed E-state index contributed by atoms with van der Waals surface area (Å²) in [6, 6.07) is 11.8. The third-order valence-corrected chi connectivity index (χ3v) is 5.05. The van der Waals surface area contributed by atoms with Crippen LogP contribution in [0.15, 0.2) is 59.7 Å². The van der Waals surface area contributed by atoms with E-state index in [1.807, 2.05) is 42.6 Å². The predicted octanol–water partition coefficient (Wildman–Crippen LogP) is 3.32. The molecule has 0 radical (unpaired) electrons. The van der Waals surface area contributed by atoms with Crippen molar-refractivity contribution in [2.75, 3.05) is 0 Å². The number of hydrogen-bond donors (Lipinski definition) is 1. The monoisotopic (exact) mass is 348 g/mol. The van der Waals surface area contributed by atoms with Crippen molar-refractivity contribution >= 4 is 22.8 Å². The van der Waals surface area contributed by atoms with Gasteiger partial charge in [-0.1, -0.05) is 35.9 Å². The zero-order valence-electron chi connectivity index (χ0n) is 13.6. The third-order valence-electron chi connectivity index (χ3n) is 4.16. The Labute approximate surface area is 149 Å². The van der Waals surface area contributed by atoms with E-state index in [1.54, 1.807) is 18.5 Å². The molecule has 1 atom stereocenters. The van der Waals surface area contributed by atoms with Crippen molar-refractivity contribution in [1.82, 2.24) is 20.3 Å². The Hall–Kier alpha value is -2.86. The van der Waals surface area contributed by atoms with Crippen LogP contribution in [-0.4, -0.2) is 20.9 Å². The fraction of sp³-hybridized carbons (Fsp3) is 0.158. The second-order valence-electron chi connectivity index (χ2n) is 5.83. The molecule has 0 unspecified atom stereocenters. The van der Waals surface area contributed by atoms with Gasteiger partial charge in [-0.25, -0.2) is 15.0 Å². The molecule has 1 aliphatic carbocycles. The molecular formula is C19H16N4OS. The molecule has 3 aromatic rings. The number of nitrogens with one attached hydrogen (secondary N) is 1. The van der Waals surface area contributed by atoms with Gasteiger partial charge in [0.25, 0.3) is 0 Å². The summed E-state index contributed by atoms with van der Waals surface area (Å²) < 4.78 is 0. The van der Waals surface area contributed by atoms with Gasteiger partial charge in [-0.3, -0.25) is 4.79 Å². The molecule has 0 aliphatic heterocycles. The smallest absolute Gasteiger partial charge is 0.232 e. The number of benzene rings is 1. The molecule has 25 heavy (non-hydrogen) atoms. The molecule has 124 valence electrons. The quantitative estimate of drug-likeness (QED) is 0.768. The second kappa shape index (κ2) is 6.57. The first kappa shape index (κ1) is 15.7. The lowest BCUT2D eigenvalue weighted by Crippen LogP contribution is -2.26. The van der Waals surface area contributed by atoms with Crippen LogP contribution in [0.5, 0.6) is 0 Å². The van der Waals surface area contributed by atoms with Crippen molar-refractivity contribution in [3.63, 3.8) is 0 Å². The van der Waals surface area contributed by atoms with E-state index in [-0.39, 0.29) is 11.8 Å². The Kier molecular flexibility index (Phi) is 4.11. The van der Waals surface area contributed by atoms with Crippen molar-refractivity contribution in [3.8, 4) is 10.8 Å². The molecule has 0 spiro atoms. The summed E-state index contributed by atoms with van der Waals surface area (Å²) in [6.45, 7) is 2.42. The fourth-order valence-electron chi connectivity index (χ4n) is 2.85. The van der Waals surface area contributed by atoms with Crippen LogP contribution in [0.3, 0.4) is 0 Å². The molecule has 5 nitrogen and oxygen atoms in total. The van der Waals surface area contributed by atoms with Gasteiger partial charge < -0.3 is 5.32 Å². The van der Waals surface area contributed by atoms with E-state index in [1.165, 1.54) is 11.3 Å². The van der Waals surface area contributed by atoms with Gasteiger partial charge in [0.2, 0.25) is 5.91 Å². The van der Waals surface area contributed by atoms with E-state index in [4.69, 9.17) is 0 Å².